The molecule has 0 saturated carbocycles. The number of nitrogens with zero attached hydrogens (tertiary/aromatic N) is 2. The van der Waals surface area contributed by atoms with Gasteiger partial charge in [-0.25, -0.2) is 9.78 Å². The van der Waals surface area contributed by atoms with Crippen molar-refractivity contribution in [2.24, 2.45) is 0 Å². The number of ether oxygens (including phenoxy) is 1. The quantitative estimate of drug-likeness (QED) is 0.516. The van der Waals surface area contributed by atoms with Crippen LogP contribution in [0.1, 0.15) is 21.8 Å². The van der Waals surface area contributed by atoms with Crippen LogP contribution in [0.4, 0.5) is 5.69 Å². The maximum atomic E-state index is 12.5. The SMILES string of the molecule is O=C(OCc1cc(=O)n2ccsc2n1)c1ccccc1NCc1ccco1. The van der Waals surface area contributed by atoms with Gasteiger partial charge in [0.1, 0.15) is 12.4 Å². The van der Waals surface area contributed by atoms with Gasteiger partial charge in [-0.2, -0.15) is 0 Å². The van der Waals surface area contributed by atoms with Crippen molar-refractivity contribution in [3.8, 4) is 0 Å². The van der Waals surface area contributed by atoms with Crippen molar-refractivity contribution in [1.82, 2.24) is 9.38 Å². The summed E-state index contributed by atoms with van der Waals surface area (Å²) in [5.41, 5.74) is 1.25. The zero-order chi connectivity index (χ0) is 18.6. The second-order valence-corrected chi connectivity index (χ2v) is 6.57. The fourth-order valence-electron chi connectivity index (χ4n) is 2.59. The summed E-state index contributed by atoms with van der Waals surface area (Å²) in [4.78, 5) is 29.4. The van der Waals surface area contributed by atoms with Crippen LogP contribution >= 0.6 is 11.3 Å². The van der Waals surface area contributed by atoms with Crippen molar-refractivity contribution in [1.29, 1.82) is 0 Å². The van der Waals surface area contributed by atoms with Gasteiger partial charge in [-0.05, 0) is 24.3 Å². The average Bonchev–Trinajstić information content (AvgIpc) is 3.36. The van der Waals surface area contributed by atoms with Crippen LogP contribution in [0.15, 0.2) is 69.5 Å². The van der Waals surface area contributed by atoms with E-state index in [1.807, 2.05) is 12.1 Å². The predicted octanol–water partition coefficient (Wildman–Crippen LogP) is 3.32. The maximum Gasteiger partial charge on any atom is 0.340 e. The number of furan rings is 1. The highest BCUT2D eigenvalue weighted by molar-refractivity contribution is 7.15. The Morgan fingerprint density at radius 1 is 1.26 bits per heavy atom. The number of rotatable bonds is 6. The van der Waals surface area contributed by atoms with Crippen molar-refractivity contribution >= 4 is 28.0 Å². The van der Waals surface area contributed by atoms with Gasteiger partial charge in [-0.15, -0.1) is 11.3 Å². The highest BCUT2D eigenvalue weighted by atomic mass is 32.1. The van der Waals surface area contributed by atoms with E-state index in [1.165, 1.54) is 21.8 Å². The van der Waals surface area contributed by atoms with Crippen LogP contribution in [0.25, 0.3) is 4.96 Å². The number of carbonyl (C=O) groups excluding carboxylic acids is 1. The first kappa shape index (κ1) is 17.0. The van der Waals surface area contributed by atoms with Gasteiger partial charge in [0.05, 0.1) is 24.1 Å². The molecule has 0 aliphatic heterocycles. The van der Waals surface area contributed by atoms with Crippen LogP contribution in [0.3, 0.4) is 0 Å². The minimum absolute atomic E-state index is 0.0744. The monoisotopic (exact) mass is 381 g/mol. The fraction of sp³-hybridized carbons (Fsp3) is 0.105. The molecule has 0 saturated heterocycles. The van der Waals surface area contributed by atoms with Crippen molar-refractivity contribution in [3.05, 3.63) is 87.7 Å². The van der Waals surface area contributed by atoms with Gasteiger partial charge in [0.2, 0.25) is 0 Å². The number of nitrogens with one attached hydrogen (secondary N) is 1. The second-order valence-electron chi connectivity index (χ2n) is 5.70. The Bertz CT molecular complexity index is 1130. The molecule has 136 valence electrons. The summed E-state index contributed by atoms with van der Waals surface area (Å²) >= 11 is 1.35. The smallest absolute Gasteiger partial charge is 0.340 e. The van der Waals surface area contributed by atoms with Gasteiger partial charge >= 0.3 is 5.97 Å². The summed E-state index contributed by atoms with van der Waals surface area (Å²) in [6.45, 7) is 0.375. The molecule has 0 spiro atoms. The largest absolute Gasteiger partial charge is 0.467 e. The topological polar surface area (TPSA) is 85.8 Å². The van der Waals surface area contributed by atoms with Gasteiger partial charge in [0.25, 0.3) is 5.56 Å². The molecule has 0 fully saturated rings. The Morgan fingerprint density at radius 2 is 2.15 bits per heavy atom. The minimum atomic E-state index is -0.495. The predicted molar refractivity (Wildman–Crippen MR) is 101 cm³/mol. The lowest BCUT2D eigenvalue weighted by Gasteiger charge is -2.11. The lowest BCUT2D eigenvalue weighted by Crippen LogP contribution is -2.15. The van der Waals surface area contributed by atoms with Crippen LogP contribution in [-0.4, -0.2) is 15.4 Å². The lowest BCUT2D eigenvalue weighted by molar-refractivity contribution is 0.0469. The van der Waals surface area contributed by atoms with Crippen LogP contribution in [-0.2, 0) is 17.9 Å². The van der Waals surface area contributed by atoms with E-state index < -0.39 is 5.97 Å². The van der Waals surface area contributed by atoms with Gasteiger partial charge in [-0.3, -0.25) is 9.20 Å². The second kappa shape index (κ2) is 7.46. The van der Waals surface area contributed by atoms with E-state index in [0.29, 0.717) is 28.5 Å². The first-order valence-corrected chi connectivity index (χ1v) is 9.07. The molecule has 4 aromatic rings. The number of hydrogen-bond donors (Lipinski definition) is 1. The number of esters is 1. The number of thiazole rings is 1. The first-order valence-electron chi connectivity index (χ1n) is 8.19. The molecular weight excluding hydrogens is 366 g/mol. The highest BCUT2D eigenvalue weighted by Gasteiger charge is 2.14. The number of hydrogen-bond acceptors (Lipinski definition) is 7. The third-order valence-corrected chi connectivity index (χ3v) is 4.64. The van der Waals surface area contributed by atoms with Crippen molar-refractivity contribution in [2.45, 2.75) is 13.2 Å². The van der Waals surface area contributed by atoms with Crippen LogP contribution < -0.4 is 10.9 Å². The summed E-state index contributed by atoms with van der Waals surface area (Å²) in [7, 11) is 0. The first-order chi connectivity index (χ1) is 13.2. The van der Waals surface area contributed by atoms with E-state index in [1.54, 1.807) is 42.1 Å². The Kier molecular flexibility index (Phi) is 4.71. The molecule has 0 aliphatic rings. The molecule has 1 N–H and O–H groups in total. The molecular formula is C19H15N3O4S. The molecule has 0 radical (unpaired) electrons. The molecule has 0 bridgehead atoms. The summed E-state index contributed by atoms with van der Waals surface area (Å²) in [6.07, 6.45) is 3.25. The molecule has 7 nitrogen and oxygen atoms in total. The maximum absolute atomic E-state index is 12.5. The van der Waals surface area contributed by atoms with Gasteiger partial charge < -0.3 is 14.5 Å². The number of aromatic nitrogens is 2. The van der Waals surface area contributed by atoms with E-state index in [2.05, 4.69) is 10.3 Å². The van der Waals surface area contributed by atoms with Crippen molar-refractivity contribution in [3.63, 3.8) is 0 Å². The van der Waals surface area contributed by atoms with E-state index in [9.17, 15) is 9.59 Å². The highest BCUT2D eigenvalue weighted by Crippen LogP contribution is 2.18. The Morgan fingerprint density at radius 3 is 3.00 bits per heavy atom. The number of fused-ring (bicyclic) bond motifs is 1. The van der Waals surface area contributed by atoms with E-state index >= 15 is 0 Å². The Labute approximate surface area is 157 Å². The van der Waals surface area contributed by atoms with Gasteiger partial charge in [-0.1, -0.05) is 12.1 Å². The molecule has 27 heavy (non-hydrogen) atoms. The van der Waals surface area contributed by atoms with Gasteiger partial charge in [0, 0.05) is 23.3 Å². The van der Waals surface area contributed by atoms with Crippen LogP contribution in [0.2, 0.25) is 0 Å². The van der Waals surface area contributed by atoms with E-state index in [-0.39, 0.29) is 12.2 Å². The molecule has 1 aromatic carbocycles. The van der Waals surface area contributed by atoms with Crippen LogP contribution in [0, 0.1) is 0 Å². The number of carbonyl (C=O) groups is 1. The molecule has 0 amide bonds. The average molecular weight is 381 g/mol. The van der Waals surface area contributed by atoms with Crippen molar-refractivity contribution < 1.29 is 13.9 Å². The number of anilines is 1. The third-order valence-electron chi connectivity index (χ3n) is 3.89. The molecule has 4 rings (SSSR count). The summed E-state index contributed by atoms with van der Waals surface area (Å²) in [6, 6.07) is 12.1. The molecule has 0 aliphatic carbocycles. The van der Waals surface area contributed by atoms with E-state index in [4.69, 9.17) is 9.15 Å². The summed E-state index contributed by atoms with van der Waals surface area (Å²) in [5.74, 6) is 0.262. The van der Waals surface area contributed by atoms with E-state index in [0.717, 1.165) is 5.76 Å². The molecule has 3 heterocycles. The standard InChI is InChI=1S/C19H15N3O4S/c23-17-10-13(21-19-22(17)7-9-27-19)12-26-18(24)15-5-1-2-6-16(15)20-11-14-4-3-8-25-14/h1-10,20H,11-12H2. The summed E-state index contributed by atoms with van der Waals surface area (Å²) in [5, 5.41) is 4.94. The van der Waals surface area contributed by atoms with Gasteiger partial charge in [0.15, 0.2) is 4.96 Å². The molecule has 8 heteroatoms. The fourth-order valence-corrected chi connectivity index (χ4v) is 3.33. The number of benzene rings is 1. The minimum Gasteiger partial charge on any atom is -0.467 e. The molecule has 3 aromatic heterocycles. The molecule has 0 atom stereocenters. The zero-order valence-corrected chi connectivity index (χ0v) is 14.9. The van der Waals surface area contributed by atoms with Crippen molar-refractivity contribution in [2.75, 3.05) is 5.32 Å². The lowest BCUT2D eigenvalue weighted by atomic mass is 10.2. The molecule has 0 unspecified atom stereocenters. The zero-order valence-electron chi connectivity index (χ0n) is 14.1. The Balaban J connectivity index is 1.46. The number of para-hydroxylation sites is 1. The third kappa shape index (κ3) is 3.75. The normalized spacial score (nSPS) is 10.8. The van der Waals surface area contributed by atoms with Crippen LogP contribution in [0.5, 0.6) is 0 Å². The Hall–Kier alpha value is -3.39. The summed E-state index contributed by atoms with van der Waals surface area (Å²) < 4.78 is 12.1.